The molecule has 386 valence electrons. The van der Waals surface area contributed by atoms with Gasteiger partial charge in [-0.25, -0.2) is 19.1 Å². The molecular weight excluding hydrogens is 993 g/mol. The number of benzene rings is 2. The van der Waals surface area contributed by atoms with Crippen LogP contribution < -0.4 is 15.5 Å². The lowest BCUT2D eigenvalue weighted by molar-refractivity contribution is -0.461. The zero-order chi connectivity index (χ0) is 52.5. The summed E-state index contributed by atoms with van der Waals surface area (Å²) in [5.74, 6) is -59.8. The summed E-state index contributed by atoms with van der Waals surface area (Å²) in [5.41, 5.74) is -0.545. The topological polar surface area (TPSA) is 106 Å². The molecule has 3 N–H and O–H groups in total. The van der Waals surface area contributed by atoms with E-state index in [1.54, 1.807) is 6.08 Å². The van der Waals surface area contributed by atoms with Crippen LogP contribution in [0, 0.1) is 11.6 Å². The van der Waals surface area contributed by atoms with E-state index in [2.05, 4.69) is 5.32 Å². The average molecular weight is 1040 g/mol. The molecule has 0 heterocycles. The molecule has 68 heavy (non-hydrogen) atoms. The molecule has 2 aromatic carbocycles. The van der Waals surface area contributed by atoms with E-state index >= 15 is 0 Å². The van der Waals surface area contributed by atoms with Crippen molar-refractivity contribution in [3.8, 4) is 5.75 Å². The Hall–Kier alpha value is -4.73. The van der Waals surface area contributed by atoms with Crippen LogP contribution in [-0.4, -0.2) is 86.4 Å². The lowest BCUT2D eigenvalue weighted by atomic mass is 9.88. The Labute approximate surface area is 375 Å². The highest BCUT2D eigenvalue weighted by atomic mass is 28.4. The summed E-state index contributed by atoms with van der Waals surface area (Å²) in [7, 11) is -4.05. The smallest absolute Gasteiger partial charge is 0.460 e. The fourth-order valence-electron chi connectivity index (χ4n) is 6.45. The summed E-state index contributed by atoms with van der Waals surface area (Å²) in [6.07, 6.45) is -6.37. The van der Waals surface area contributed by atoms with Crippen molar-refractivity contribution in [3.05, 3.63) is 84.0 Å². The maximum Gasteiger partial charge on any atom is 0.460 e. The summed E-state index contributed by atoms with van der Waals surface area (Å²) in [6, 6.07) is 6.42. The first kappa shape index (κ1) is 59.4. The van der Waals surface area contributed by atoms with Crippen molar-refractivity contribution < 1.29 is 112 Å². The fourth-order valence-corrected chi connectivity index (χ4v) is 10.9. The first-order valence-corrected chi connectivity index (χ1v) is 22.0. The molecule has 2 rings (SSSR count). The van der Waals surface area contributed by atoms with Crippen molar-refractivity contribution in [1.29, 1.82) is 0 Å². The summed E-state index contributed by atoms with van der Waals surface area (Å²) < 4.78 is 280. The van der Waals surface area contributed by atoms with Gasteiger partial charge in [-0.1, -0.05) is 58.1 Å². The first-order chi connectivity index (χ1) is 30.9. The second-order valence-electron chi connectivity index (χ2n) is 15.5. The number of hydroxylamine groups is 1. The maximum atomic E-state index is 15.0. The van der Waals surface area contributed by atoms with Crippen molar-refractivity contribution in [1.82, 2.24) is 5.48 Å². The molecule has 0 bridgehead atoms. The normalized spacial score (nSPS) is 14.6. The quantitative estimate of drug-likeness (QED) is 0.0174. The van der Waals surface area contributed by atoms with E-state index in [1.807, 2.05) is 0 Å². The lowest BCUT2D eigenvalue weighted by Crippen LogP contribution is -2.74. The summed E-state index contributed by atoms with van der Waals surface area (Å²) in [6.45, 7) is 4.10. The van der Waals surface area contributed by atoms with Crippen LogP contribution in [0.3, 0.4) is 0 Å². The number of carbonyl (C=O) groups is 2. The third-order valence-corrected chi connectivity index (χ3v) is 16.1. The van der Waals surface area contributed by atoms with Gasteiger partial charge in [-0.15, -0.1) is 0 Å². The second-order valence-corrected chi connectivity index (χ2v) is 20.5. The Morgan fingerprint density at radius 2 is 1.24 bits per heavy atom. The number of anilines is 1. The van der Waals surface area contributed by atoms with Gasteiger partial charge >= 0.3 is 53.7 Å². The maximum absolute atomic E-state index is 15.0. The summed E-state index contributed by atoms with van der Waals surface area (Å²) >= 11 is 0. The number of hydrogen-bond donors (Lipinski definition) is 3. The molecule has 0 aliphatic rings. The van der Waals surface area contributed by atoms with Crippen LogP contribution >= 0.6 is 0 Å². The molecule has 1 atom stereocenters. The van der Waals surface area contributed by atoms with Crippen LogP contribution in [0.2, 0.25) is 17.1 Å². The number of unbranched alkanes of at least 4 members (excludes halogenated alkanes) is 1. The van der Waals surface area contributed by atoms with Gasteiger partial charge in [0.25, 0.3) is 5.91 Å². The highest BCUT2D eigenvalue weighted by Crippen LogP contribution is 2.64. The van der Waals surface area contributed by atoms with E-state index in [-0.39, 0.29) is 12.2 Å². The van der Waals surface area contributed by atoms with Gasteiger partial charge in [-0.05, 0) is 66.2 Å². The van der Waals surface area contributed by atoms with Gasteiger partial charge in [0.2, 0.25) is 0 Å². The first-order valence-electron chi connectivity index (χ1n) is 19.7. The average Bonchev–Trinajstić information content (AvgIpc) is 3.22. The molecular formula is C40H43F19N2O6Si. The Balaban J connectivity index is 2.27. The van der Waals surface area contributed by atoms with Gasteiger partial charge in [0.1, 0.15) is 30.1 Å². The Morgan fingerprint density at radius 3 is 1.74 bits per heavy atom. The third kappa shape index (κ3) is 12.7. The Kier molecular flexibility index (Phi) is 19.5. The Bertz CT molecular complexity index is 2040. The molecule has 0 aromatic heterocycles. The SMILES string of the molecule is CC(C)[Si](CCC(F)(F)C(F)(F)C(F)(F)C(F)(F)C(F)(F)C(F)(F)C(F)(F)C(F)(F)F)(OCCOc1ccc([C@H](CCC/C=C/C=C/C(=O)NO)OC(=O)Nc2ccc(F)cc2F)cc1)C(C)C. The number of alkyl halides is 17. The van der Waals surface area contributed by atoms with Gasteiger partial charge < -0.3 is 13.9 Å². The highest BCUT2D eigenvalue weighted by Gasteiger charge is 2.95. The summed E-state index contributed by atoms with van der Waals surface area (Å²) in [4.78, 5) is 23.8. The van der Waals surface area contributed by atoms with Crippen molar-refractivity contribution in [2.45, 2.75) is 124 Å². The number of rotatable bonds is 25. The number of allylic oxidation sites excluding steroid dienone is 3. The van der Waals surface area contributed by atoms with Crippen LogP contribution in [0.5, 0.6) is 5.75 Å². The van der Waals surface area contributed by atoms with Gasteiger partial charge in [0, 0.05) is 18.6 Å². The minimum absolute atomic E-state index is 0.0571. The molecule has 8 nitrogen and oxygen atoms in total. The van der Waals surface area contributed by atoms with Crippen LogP contribution in [0.25, 0.3) is 0 Å². The van der Waals surface area contributed by atoms with Gasteiger partial charge in [-0.3, -0.25) is 15.3 Å². The summed E-state index contributed by atoms with van der Waals surface area (Å²) in [5, 5.41) is 10.7. The van der Waals surface area contributed by atoms with Crippen molar-refractivity contribution in [3.63, 3.8) is 0 Å². The zero-order valence-electron chi connectivity index (χ0n) is 35.7. The highest BCUT2D eigenvalue weighted by molar-refractivity contribution is 6.76. The molecule has 0 aliphatic heterocycles. The minimum Gasteiger partial charge on any atom is -0.491 e. The molecule has 0 spiro atoms. The molecule has 0 radical (unpaired) electrons. The number of nitrogens with one attached hydrogen (secondary N) is 2. The molecule has 0 saturated heterocycles. The van der Waals surface area contributed by atoms with Gasteiger partial charge in [0.15, 0.2) is 8.32 Å². The van der Waals surface area contributed by atoms with E-state index in [4.69, 9.17) is 19.1 Å². The largest absolute Gasteiger partial charge is 0.491 e. The number of ether oxygens (including phenoxy) is 2. The van der Waals surface area contributed by atoms with E-state index < -0.39 is 128 Å². The van der Waals surface area contributed by atoms with Crippen LogP contribution in [0.4, 0.5) is 93.9 Å². The number of halogens is 19. The number of carbonyl (C=O) groups excluding carboxylic acids is 2. The van der Waals surface area contributed by atoms with E-state index in [9.17, 15) is 93.0 Å². The molecule has 28 heteroatoms. The third-order valence-electron chi connectivity index (χ3n) is 10.4. The van der Waals surface area contributed by atoms with E-state index in [0.29, 0.717) is 24.5 Å². The number of amides is 2. The van der Waals surface area contributed by atoms with E-state index in [0.717, 1.165) is 18.2 Å². The second kappa shape index (κ2) is 22.3. The molecule has 2 amide bonds. The van der Waals surface area contributed by atoms with Crippen LogP contribution in [0.15, 0.2) is 66.8 Å². The fraction of sp³-hybridized carbons (Fsp3) is 0.550. The zero-order valence-corrected chi connectivity index (χ0v) is 36.7. The molecule has 2 aromatic rings. The standard InChI is InChI=1S/C40H43F19N2O6Si/c1-23(2)68(24(3)4,21-18-33(43,44)34(45,46)35(47,48)36(49,50)37(51,52)38(53,54)39(55,56)40(57,58)59)66-20-19-65-27-15-12-25(13-16-27)30(10-8-6-5-7-9-11-31(62)61-64)67-32(63)60-29-17-14-26(41)22-28(29)42/h5,7,9,11-17,22-24,30,64H,6,8,10,18-21H2,1-4H3,(H,60,63)(H,61,62)/b7-5+,11-9+/t30-/m0/s1. The predicted molar refractivity (Wildman–Crippen MR) is 205 cm³/mol. The molecule has 0 aliphatic carbocycles. The van der Waals surface area contributed by atoms with Crippen molar-refractivity contribution in [2.75, 3.05) is 18.5 Å². The van der Waals surface area contributed by atoms with Gasteiger partial charge in [0.05, 0.1) is 12.3 Å². The Morgan fingerprint density at radius 1 is 0.706 bits per heavy atom. The molecule has 0 fully saturated rings. The number of hydrogen-bond acceptors (Lipinski definition) is 6. The van der Waals surface area contributed by atoms with Crippen LogP contribution in [-0.2, 0) is 14.0 Å². The predicted octanol–water partition coefficient (Wildman–Crippen LogP) is 13.6. The van der Waals surface area contributed by atoms with Gasteiger partial charge in [-0.2, -0.15) is 74.6 Å². The molecule has 0 unspecified atom stereocenters. The molecule has 0 saturated carbocycles. The van der Waals surface area contributed by atoms with Crippen LogP contribution in [0.1, 0.15) is 65.0 Å². The van der Waals surface area contributed by atoms with Crippen molar-refractivity contribution in [2.24, 2.45) is 0 Å². The lowest BCUT2D eigenvalue weighted by Gasteiger charge is -2.44. The van der Waals surface area contributed by atoms with Crippen molar-refractivity contribution >= 4 is 26.0 Å². The monoisotopic (exact) mass is 1040 g/mol. The van der Waals surface area contributed by atoms with E-state index in [1.165, 1.54) is 69.6 Å². The minimum atomic E-state index is -8.72.